The summed E-state index contributed by atoms with van der Waals surface area (Å²) in [5, 5.41) is 0. The van der Waals surface area contributed by atoms with Crippen LogP contribution < -0.4 is 0 Å². The molecule has 8 heteroatoms. The zero-order chi connectivity index (χ0) is 42.0. The van der Waals surface area contributed by atoms with Crippen molar-refractivity contribution in [3.63, 3.8) is 0 Å². The highest BCUT2D eigenvalue weighted by Gasteiger charge is 2.48. The van der Waals surface area contributed by atoms with Crippen molar-refractivity contribution in [1.29, 1.82) is 0 Å². The van der Waals surface area contributed by atoms with Gasteiger partial charge in [0.15, 0.2) is 12.2 Å². The summed E-state index contributed by atoms with van der Waals surface area (Å²) in [4.78, 5) is 24.7. The molecule has 0 aliphatic heterocycles. The van der Waals surface area contributed by atoms with Crippen LogP contribution in [0.15, 0.2) is 121 Å². The van der Waals surface area contributed by atoms with E-state index in [0.717, 1.165) is 63.2 Å². The standard InChI is InChI=1S/2C21H26O4.C10H16/c2*1-2-23-15-9-10-16-24-17-20(18-11-5-3-6-12-18)25-21(22)19-13-7-4-8-14-19;1-2-9-7-4-5-8(6-7)10(9)3-1/h2*3-8,11-14,20H,2,9-10,15-17H2,1H3;7-10H,1-6H2. The van der Waals surface area contributed by atoms with Crippen LogP contribution in [0, 0.1) is 23.7 Å². The van der Waals surface area contributed by atoms with Crippen LogP contribution in [0.2, 0.25) is 0 Å². The molecule has 6 atom stereocenters. The van der Waals surface area contributed by atoms with Gasteiger partial charge in [0.25, 0.3) is 0 Å². The molecule has 2 bridgehead atoms. The molecule has 0 N–H and O–H groups in total. The van der Waals surface area contributed by atoms with E-state index in [0.29, 0.717) is 37.6 Å². The first-order valence-electron chi connectivity index (χ1n) is 22.5. The third-order valence-corrected chi connectivity index (χ3v) is 11.8. The molecule has 0 radical (unpaired) electrons. The highest BCUT2D eigenvalue weighted by molar-refractivity contribution is 5.90. The minimum atomic E-state index is -0.416. The number of carbonyl (C=O) groups is 2. The molecular weight excluding hydrogens is 753 g/mol. The molecular formula is C52H68O8. The van der Waals surface area contributed by atoms with Crippen LogP contribution in [-0.2, 0) is 28.4 Å². The van der Waals surface area contributed by atoms with Crippen molar-refractivity contribution >= 4 is 11.9 Å². The third-order valence-electron chi connectivity index (χ3n) is 11.8. The van der Waals surface area contributed by atoms with Crippen molar-refractivity contribution in [3.8, 4) is 0 Å². The number of unbranched alkanes of at least 4 members (excludes halogenated alkanes) is 2. The van der Waals surface area contributed by atoms with Crippen molar-refractivity contribution in [2.24, 2.45) is 23.7 Å². The van der Waals surface area contributed by atoms with Gasteiger partial charge >= 0.3 is 11.9 Å². The average molecular weight is 821 g/mol. The van der Waals surface area contributed by atoms with E-state index in [9.17, 15) is 9.59 Å². The SMILES string of the molecule is C1CC2C3CCC(C3)C2C1.CCOCCCCOCC(OC(=O)c1ccccc1)c1ccccc1.CCOCCCCOCC(OC(=O)c1ccccc1)c1ccccc1. The first-order chi connectivity index (χ1) is 29.6. The molecule has 0 spiro atoms. The lowest BCUT2D eigenvalue weighted by Gasteiger charge is -2.23. The third kappa shape index (κ3) is 15.9. The number of fused-ring (bicyclic) bond motifs is 5. The number of carbonyl (C=O) groups excluding carboxylic acids is 2. The number of ether oxygens (including phenoxy) is 6. The average Bonchev–Trinajstić information content (AvgIpc) is 4.07. The lowest BCUT2D eigenvalue weighted by Crippen LogP contribution is -2.17. The lowest BCUT2D eigenvalue weighted by atomic mass is 9.82. The summed E-state index contributed by atoms with van der Waals surface area (Å²) < 4.78 is 33.4. The van der Waals surface area contributed by atoms with Gasteiger partial charge in [-0.25, -0.2) is 9.59 Å². The number of hydrogen-bond donors (Lipinski definition) is 0. The van der Waals surface area contributed by atoms with Gasteiger partial charge in [0, 0.05) is 39.6 Å². The smallest absolute Gasteiger partial charge is 0.338 e. The predicted octanol–water partition coefficient (Wildman–Crippen LogP) is 11.7. The van der Waals surface area contributed by atoms with E-state index in [-0.39, 0.29) is 11.9 Å². The molecule has 4 aromatic carbocycles. The van der Waals surface area contributed by atoms with E-state index in [2.05, 4.69) is 0 Å². The normalized spacial score (nSPS) is 19.5. The minimum Gasteiger partial charge on any atom is -0.451 e. The number of rotatable bonds is 22. The Kier molecular flexibility index (Phi) is 21.4. The first kappa shape index (κ1) is 46.7. The van der Waals surface area contributed by atoms with Gasteiger partial charge in [-0.15, -0.1) is 0 Å². The molecule has 6 unspecified atom stereocenters. The van der Waals surface area contributed by atoms with Crippen molar-refractivity contribution in [1.82, 2.24) is 0 Å². The van der Waals surface area contributed by atoms with E-state index in [1.54, 1.807) is 62.8 Å². The van der Waals surface area contributed by atoms with Crippen LogP contribution >= 0.6 is 0 Å². The fraction of sp³-hybridized carbons (Fsp3) is 0.500. The first-order valence-corrected chi connectivity index (χ1v) is 22.5. The van der Waals surface area contributed by atoms with E-state index in [1.807, 2.05) is 111 Å². The van der Waals surface area contributed by atoms with E-state index in [1.165, 1.54) is 23.7 Å². The molecule has 8 nitrogen and oxygen atoms in total. The number of esters is 2. The second kappa shape index (κ2) is 27.5. The van der Waals surface area contributed by atoms with Gasteiger partial charge in [0.2, 0.25) is 0 Å². The monoisotopic (exact) mass is 820 g/mol. The largest absolute Gasteiger partial charge is 0.451 e. The topological polar surface area (TPSA) is 89.5 Å². The molecule has 7 rings (SSSR count). The fourth-order valence-corrected chi connectivity index (χ4v) is 8.78. The molecule has 0 aromatic heterocycles. The van der Waals surface area contributed by atoms with Gasteiger partial charge in [-0.05, 0) is 131 Å². The fourth-order valence-electron chi connectivity index (χ4n) is 8.78. The molecule has 3 fully saturated rings. The van der Waals surface area contributed by atoms with Crippen LogP contribution in [0.5, 0.6) is 0 Å². The summed E-state index contributed by atoms with van der Waals surface area (Å²) in [5.74, 6) is 4.12. The molecule has 0 saturated heterocycles. The summed E-state index contributed by atoms with van der Waals surface area (Å²) in [7, 11) is 0. The quantitative estimate of drug-likeness (QED) is 0.0572. The van der Waals surface area contributed by atoms with Crippen LogP contribution in [0.4, 0.5) is 0 Å². The molecule has 0 heterocycles. The van der Waals surface area contributed by atoms with Gasteiger partial charge in [0.05, 0.1) is 24.3 Å². The Hall–Kier alpha value is -4.34. The Morgan fingerprint density at radius 1 is 0.483 bits per heavy atom. The van der Waals surface area contributed by atoms with E-state index >= 15 is 0 Å². The van der Waals surface area contributed by atoms with Gasteiger partial charge in [-0.1, -0.05) is 103 Å². The summed E-state index contributed by atoms with van der Waals surface area (Å²) in [6.45, 7) is 8.91. The molecule has 324 valence electrons. The molecule has 4 aromatic rings. The summed E-state index contributed by atoms with van der Waals surface area (Å²) in [6.07, 6.45) is 12.5. The Balaban J connectivity index is 0.000000184. The number of hydrogen-bond acceptors (Lipinski definition) is 8. The molecule has 3 aliphatic carbocycles. The van der Waals surface area contributed by atoms with E-state index in [4.69, 9.17) is 28.4 Å². The second-order valence-electron chi connectivity index (χ2n) is 15.9. The van der Waals surface area contributed by atoms with Crippen LogP contribution in [0.3, 0.4) is 0 Å². The maximum absolute atomic E-state index is 12.3. The maximum atomic E-state index is 12.3. The van der Waals surface area contributed by atoms with Crippen molar-refractivity contribution < 1.29 is 38.0 Å². The van der Waals surface area contributed by atoms with Crippen LogP contribution in [0.25, 0.3) is 0 Å². The zero-order valence-electron chi connectivity index (χ0n) is 36.0. The molecule has 3 aliphatic rings. The molecule has 0 amide bonds. The number of benzene rings is 4. The highest BCUT2D eigenvalue weighted by Crippen LogP contribution is 2.58. The van der Waals surface area contributed by atoms with Crippen molar-refractivity contribution in [3.05, 3.63) is 144 Å². The molecule has 3 saturated carbocycles. The van der Waals surface area contributed by atoms with Crippen molar-refractivity contribution in [2.75, 3.05) is 52.9 Å². The summed E-state index contributed by atoms with van der Waals surface area (Å²) in [6, 6.07) is 37.4. The second-order valence-corrected chi connectivity index (χ2v) is 15.9. The van der Waals surface area contributed by atoms with Crippen molar-refractivity contribution in [2.45, 2.75) is 90.3 Å². The van der Waals surface area contributed by atoms with Crippen LogP contribution in [0.1, 0.15) is 122 Å². The Labute approximate surface area is 359 Å². The lowest BCUT2D eigenvalue weighted by molar-refractivity contribution is -0.00705. The van der Waals surface area contributed by atoms with Gasteiger partial charge in [0.1, 0.15) is 0 Å². The Morgan fingerprint density at radius 3 is 1.20 bits per heavy atom. The summed E-state index contributed by atoms with van der Waals surface area (Å²) in [5.41, 5.74) is 2.95. The van der Waals surface area contributed by atoms with E-state index < -0.39 is 12.2 Å². The maximum Gasteiger partial charge on any atom is 0.338 e. The van der Waals surface area contributed by atoms with Crippen LogP contribution in [-0.4, -0.2) is 64.8 Å². The minimum absolute atomic E-state index is 0.339. The highest BCUT2D eigenvalue weighted by atomic mass is 16.6. The summed E-state index contributed by atoms with van der Waals surface area (Å²) >= 11 is 0. The Morgan fingerprint density at radius 2 is 0.833 bits per heavy atom. The van der Waals surface area contributed by atoms with Gasteiger partial charge in [-0.2, -0.15) is 0 Å². The zero-order valence-corrected chi connectivity index (χ0v) is 36.0. The molecule has 60 heavy (non-hydrogen) atoms. The Bertz CT molecular complexity index is 1590. The van der Waals surface area contributed by atoms with Gasteiger partial charge in [-0.3, -0.25) is 0 Å². The van der Waals surface area contributed by atoms with Gasteiger partial charge < -0.3 is 28.4 Å². The predicted molar refractivity (Wildman–Crippen MR) is 237 cm³/mol.